The molecule has 2 aliphatic heterocycles. The zero-order valence-electron chi connectivity index (χ0n) is 9.60. The summed E-state index contributed by atoms with van der Waals surface area (Å²) < 4.78 is 5.80. The molecule has 0 radical (unpaired) electrons. The molecule has 5 heteroatoms. The number of fused-ring (bicyclic) bond motifs is 2. The number of amidine groups is 1. The van der Waals surface area contributed by atoms with E-state index < -0.39 is 0 Å². The molecule has 0 amide bonds. The van der Waals surface area contributed by atoms with Gasteiger partial charge in [0.2, 0.25) is 0 Å². The molecule has 3 rings (SSSR count). The van der Waals surface area contributed by atoms with Crippen molar-refractivity contribution in [2.45, 2.75) is 25.0 Å². The minimum atomic E-state index is 0.0167. The van der Waals surface area contributed by atoms with Crippen LogP contribution in [0.4, 0.5) is 5.69 Å². The van der Waals surface area contributed by atoms with Gasteiger partial charge in [-0.15, -0.1) is 0 Å². The summed E-state index contributed by atoms with van der Waals surface area (Å²) in [5.74, 6) is 0.0167. The molecule has 2 aliphatic rings. The van der Waals surface area contributed by atoms with E-state index in [0.29, 0.717) is 17.9 Å². The molecule has 0 aliphatic carbocycles. The summed E-state index contributed by atoms with van der Waals surface area (Å²) in [6.45, 7) is 1.86. The third kappa shape index (κ3) is 1.98. The highest BCUT2D eigenvalue weighted by Crippen LogP contribution is 2.29. The Morgan fingerprint density at radius 2 is 2.12 bits per heavy atom. The first kappa shape index (κ1) is 10.5. The molecule has 3 heterocycles. The van der Waals surface area contributed by atoms with Crippen molar-refractivity contribution in [1.82, 2.24) is 4.98 Å². The summed E-state index contributed by atoms with van der Waals surface area (Å²) in [7, 11) is 0. The van der Waals surface area contributed by atoms with E-state index in [1.165, 1.54) is 0 Å². The third-order valence-corrected chi connectivity index (χ3v) is 3.43. The maximum atomic E-state index is 7.41. The van der Waals surface area contributed by atoms with Crippen LogP contribution in [-0.4, -0.2) is 36.1 Å². The molecular weight excluding hydrogens is 216 g/mol. The maximum absolute atomic E-state index is 7.41. The Morgan fingerprint density at radius 1 is 1.41 bits per heavy atom. The third-order valence-electron chi connectivity index (χ3n) is 3.43. The van der Waals surface area contributed by atoms with Crippen LogP contribution < -0.4 is 10.6 Å². The van der Waals surface area contributed by atoms with E-state index in [2.05, 4.69) is 9.88 Å². The monoisotopic (exact) mass is 232 g/mol. The summed E-state index contributed by atoms with van der Waals surface area (Å²) in [5.41, 5.74) is 7.09. The molecule has 90 valence electrons. The average molecular weight is 232 g/mol. The molecule has 0 aromatic carbocycles. The zero-order valence-corrected chi connectivity index (χ0v) is 9.60. The Hall–Kier alpha value is -1.62. The highest BCUT2D eigenvalue weighted by Gasteiger charge is 2.33. The van der Waals surface area contributed by atoms with Gasteiger partial charge in [0.25, 0.3) is 0 Å². The number of hydrogen-bond acceptors (Lipinski definition) is 4. The van der Waals surface area contributed by atoms with Crippen molar-refractivity contribution in [3.05, 3.63) is 24.0 Å². The first-order valence-electron chi connectivity index (χ1n) is 5.93. The topological polar surface area (TPSA) is 75.2 Å². The summed E-state index contributed by atoms with van der Waals surface area (Å²) in [6, 6.07) is 3.85. The largest absolute Gasteiger partial charge is 0.382 e. The van der Waals surface area contributed by atoms with Gasteiger partial charge < -0.3 is 15.4 Å². The number of pyridine rings is 1. The van der Waals surface area contributed by atoms with Crippen LogP contribution in [0.25, 0.3) is 0 Å². The minimum Gasteiger partial charge on any atom is -0.382 e. The summed E-state index contributed by atoms with van der Waals surface area (Å²) in [6.07, 6.45) is 4.76. The van der Waals surface area contributed by atoms with Gasteiger partial charge in [-0.25, -0.2) is 0 Å². The second kappa shape index (κ2) is 4.00. The SMILES string of the molecule is N=C(N)c1cc(N2CC3CCC(C2)O3)ccn1. The molecule has 2 bridgehead atoms. The predicted octanol–water partition coefficient (Wildman–Crippen LogP) is 0.733. The van der Waals surface area contributed by atoms with Crippen LogP contribution in [0, 0.1) is 5.41 Å². The fourth-order valence-electron chi connectivity index (χ4n) is 2.59. The summed E-state index contributed by atoms with van der Waals surface area (Å²) >= 11 is 0. The Kier molecular flexibility index (Phi) is 2.48. The average Bonchev–Trinajstić information content (AvgIpc) is 2.68. The number of nitrogens with two attached hydrogens (primary N) is 1. The van der Waals surface area contributed by atoms with Crippen molar-refractivity contribution >= 4 is 11.5 Å². The van der Waals surface area contributed by atoms with Crippen molar-refractivity contribution in [1.29, 1.82) is 5.41 Å². The molecule has 0 spiro atoms. The van der Waals surface area contributed by atoms with Crippen LogP contribution >= 0.6 is 0 Å². The lowest BCUT2D eigenvalue weighted by Crippen LogP contribution is -2.42. The molecule has 2 fully saturated rings. The molecule has 1 aromatic heterocycles. The second-order valence-electron chi connectivity index (χ2n) is 4.68. The Bertz CT molecular complexity index is 436. The molecule has 1 aromatic rings. The smallest absolute Gasteiger partial charge is 0.141 e. The summed E-state index contributed by atoms with van der Waals surface area (Å²) in [5, 5.41) is 7.41. The van der Waals surface area contributed by atoms with Crippen LogP contribution in [0.1, 0.15) is 18.5 Å². The number of hydrogen-bond donors (Lipinski definition) is 2. The molecule has 2 unspecified atom stereocenters. The Balaban J connectivity index is 1.84. The quantitative estimate of drug-likeness (QED) is 0.582. The Labute approximate surface area is 100 Å². The standard InChI is InChI=1S/C12H16N4O/c13-12(14)11-5-8(3-4-15-11)16-6-9-1-2-10(7-16)17-9/h3-5,9-10H,1-2,6-7H2,(H3,13,14). The zero-order chi connectivity index (χ0) is 11.8. The van der Waals surface area contributed by atoms with Crippen molar-refractivity contribution in [2.24, 2.45) is 5.73 Å². The predicted molar refractivity (Wildman–Crippen MR) is 65.4 cm³/mol. The maximum Gasteiger partial charge on any atom is 0.141 e. The van der Waals surface area contributed by atoms with Crippen LogP contribution in [-0.2, 0) is 4.74 Å². The highest BCUT2D eigenvalue weighted by atomic mass is 16.5. The molecule has 2 saturated heterocycles. The fraction of sp³-hybridized carbons (Fsp3) is 0.500. The van der Waals surface area contributed by atoms with E-state index >= 15 is 0 Å². The van der Waals surface area contributed by atoms with Crippen molar-refractivity contribution in [2.75, 3.05) is 18.0 Å². The van der Waals surface area contributed by atoms with Crippen molar-refractivity contribution in [3.63, 3.8) is 0 Å². The lowest BCUT2D eigenvalue weighted by Gasteiger charge is -2.33. The number of nitrogen functional groups attached to an aromatic ring is 1. The van der Waals surface area contributed by atoms with Gasteiger partial charge in [0, 0.05) is 25.0 Å². The number of morpholine rings is 1. The van der Waals surface area contributed by atoms with Gasteiger partial charge in [-0.3, -0.25) is 10.4 Å². The lowest BCUT2D eigenvalue weighted by molar-refractivity contribution is 0.0305. The van der Waals surface area contributed by atoms with Crippen molar-refractivity contribution < 1.29 is 4.74 Å². The molecule has 0 saturated carbocycles. The summed E-state index contributed by atoms with van der Waals surface area (Å²) in [4.78, 5) is 6.39. The molecule has 2 atom stereocenters. The number of ether oxygens (including phenoxy) is 1. The molecule has 3 N–H and O–H groups in total. The number of nitrogens with one attached hydrogen (secondary N) is 1. The van der Waals surface area contributed by atoms with E-state index in [0.717, 1.165) is 31.6 Å². The van der Waals surface area contributed by atoms with Gasteiger partial charge in [0.1, 0.15) is 11.5 Å². The highest BCUT2D eigenvalue weighted by molar-refractivity contribution is 5.93. The number of rotatable bonds is 2. The van der Waals surface area contributed by atoms with Gasteiger partial charge in [-0.2, -0.15) is 0 Å². The van der Waals surface area contributed by atoms with Crippen molar-refractivity contribution in [3.8, 4) is 0 Å². The lowest BCUT2D eigenvalue weighted by atomic mass is 10.2. The normalized spacial score (nSPS) is 27.2. The molecular formula is C12H16N4O. The van der Waals surface area contributed by atoms with E-state index in [-0.39, 0.29) is 5.84 Å². The number of nitrogens with zero attached hydrogens (tertiary/aromatic N) is 2. The first-order valence-corrected chi connectivity index (χ1v) is 5.93. The van der Waals surface area contributed by atoms with E-state index in [1.54, 1.807) is 6.20 Å². The van der Waals surface area contributed by atoms with Crippen LogP contribution in [0.3, 0.4) is 0 Å². The Morgan fingerprint density at radius 3 is 2.76 bits per heavy atom. The molecule has 17 heavy (non-hydrogen) atoms. The van der Waals surface area contributed by atoms with E-state index in [1.807, 2.05) is 12.1 Å². The van der Waals surface area contributed by atoms with Crippen LogP contribution in [0.5, 0.6) is 0 Å². The van der Waals surface area contributed by atoms with E-state index in [9.17, 15) is 0 Å². The minimum absolute atomic E-state index is 0.0167. The van der Waals surface area contributed by atoms with Gasteiger partial charge in [0.05, 0.1) is 12.2 Å². The number of aromatic nitrogens is 1. The van der Waals surface area contributed by atoms with Crippen LogP contribution in [0.15, 0.2) is 18.3 Å². The fourth-order valence-corrected chi connectivity index (χ4v) is 2.59. The van der Waals surface area contributed by atoms with E-state index in [4.69, 9.17) is 15.9 Å². The van der Waals surface area contributed by atoms with Gasteiger partial charge in [0.15, 0.2) is 0 Å². The second-order valence-corrected chi connectivity index (χ2v) is 4.68. The van der Waals surface area contributed by atoms with Gasteiger partial charge >= 0.3 is 0 Å². The van der Waals surface area contributed by atoms with Gasteiger partial charge in [-0.1, -0.05) is 0 Å². The number of anilines is 1. The first-order chi connectivity index (χ1) is 8.22. The van der Waals surface area contributed by atoms with Gasteiger partial charge in [-0.05, 0) is 25.0 Å². The van der Waals surface area contributed by atoms with Crippen LogP contribution in [0.2, 0.25) is 0 Å². The molecule has 5 nitrogen and oxygen atoms in total.